The molecule has 2 rings (SSSR count). The van der Waals surface area contributed by atoms with E-state index in [1.165, 1.54) is 6.08 Å². The second-order valence-corrected chi connectivity index (χ2v) is 5.65. The largest absolute Gasteiger partial charge is 0.339 e. The Morgan fingerprint density at radius 1 is 1.05 bits per heavy atom. The Balaban J connectivity index is 1.94. The van der Waals surface area contributed by atoms with Crippen LogP contribution in [0.15, 0.2) is 24.3 Å². The van der Waals surface area contributed by atoms with E-state index in [0.29, 0.717) is 36.2 Å². The maximum Gasteiger partial charge on any atom is 0.246 e. The highest BCUT2D eigenvalue weighted by molar-refractivity contribution is 6.42. The lowest BCUT2D eigenvalue weighted by Crippen LogP contribution is -2.49. The van der Waals surface area contributed by atoms with Crippen molar-refractivity contribution < 1.29 is 9.59 Å². The van der Waals surface area contributed by atoms with Gasteiger partial charge in [0.05, 0.1) is 10.0 Å². The van der Waals surface area contributed by atoms with E-state index in [1.807, 2.05) is 0 Å². The van der Waals surface area contributed by atoms with Crippen LogP contribution in [0.1, 0.15) is 12.5 Å². The molecule has 1 aromatic rings. The Bertz CT molecular complexity index is 579. The lowest BCUT2D eigenvalue weighted by atomic mass is 10.2. The Morgan fingerprint density at radius 2 is 1.67 bits per heavy atom. The number of carbonyl (C=O) groups is 2. The van der Waals surface area contributed by atoms with Gasteiger partial charge in [0.1, 0.15) is 0 Å². The quantitative estimate of drug-likeness (QED) is 0.784. The number of hydrogen-bond acceptors (Lipinski definition) is 2. The minimum atomic E-state index is -0.0655. The fourth-order valence-corrected chi connectivity index (χ4v) is 2.44. The van der Waals surface area contributed by atoms with Gasteiger partial charge in [-0.05, 0) is 23.8 Å². The van der Waals surface area contributed by atoms with Crippen molar-refractivity contribution >= 4 is 41.1 Å². The van der Waals surface area contributed by atoms with Crippen molar-refractivity contribution in [2.45, 2.75) is 6.92 Å². The summed E-state index contributed by atoms with van der Waals surface area (Å²) < 4.78 is 0. The first kappa shape index (κ1) is 15.9. The van der Waals surface area contributed by atoms with E-state index in [4.69, 9.17) is 23.2 Å². The predicted octanol–water partition coefficient (Wildman–Crippen LogP) is 2.70. The molecule has 1 heterocycles. The number of benzene rings is 1. The molecule has 0 bridgehead atoms. The van der Waals surface area contributed by atoms with Crippen LogP contribution in [-0.2, 0) is 9.59 Å². The molecule has 4 nitrogen and oxygen atoms in total. The first-order valence-electron chi connectivity index (χ1n) is 6.65. The van der Waals surface area contributed by atoms with Crippen molar-refractivity contribution in [1.29, 1.82) is 0 Å². The summed E-state index contributed by atoms with van der Waals surface area (Å²) in [5.74, 6) is -0.0160. The second kappa shape index (κ2) is 6.96. The summed E-state index contributed by atoms with van der Waals surface area (Å²) in [4.78, 5) is 26.8. The Labute approximate surface area is 133 Å². The summed E-state index contributed by atoms with van der Waals surface area (Å²) in [6, 6.07) is 5.20. The topological polar surface area (TPSA) is 40.6 Å². The summed E-state index contributed by atoms with van der Waals surface area (Å²) >= 11 is 11.8. The van der Waals surface area contributed by atoms with Gasteiger partial charge in [-0.3, -0.25) is 9.59 Å². The van der Waals surface area contributed by atoms with E-state index in [1.54, 1.807) is 41.0 Å². The molecular weight excluding hydrogens is 311 g/mol. The number of hydrogen-bond donors (Lipinski definition) is 0. The number of piperazine rings is 1. The Hall–Kier alpha value is -1.52. The maximum absolute atomic E-state index is 12.1. The van der Waals surface area contributed by atoms with E-state index in [-0.39, 0.29) is 11.8 Å². The van der Waals surface area contributed by atoms with E-state index in [2.05, 4.69) is 0 Å². The third kappa shape index (κ3) is 4.22. The molecule has 0 aliphatic carbocycles. The second-order valence-electron chi connectivity index (χ2n) is 4.84. The normalized spacial score (nSPS) is 15.6. The van der Waals surface area contributed by atoms with Crippen LogP contribution in [0.2, 0.25) is 10.0 Å². The zero-order chi connectivity index (χ0) is 15.4. The number of carbonyl (C=O) groups excluding carboxylic acids is 2. The van der Waals surface area contributed by atoms with E-state index >= 15 is 0 Å². The number of nitrogens with zero attached hydrogens (tertiary/aromatic N) is 2. The molecule has 1 aromatic carbocycles. The summed E-state index contributed by atoms with van der Waals surface area (Å²) in [5, 5.41) is 0.946. The summed E-state index contributed by atoms with van der Waals surface area (Å²) in [5.41, 5.74) is 0.820. The highest BCUT2D eigenvalue weighted by atomic mass is 35.5. The molecule has 1 saturated heterocycles. The third-order valence-corrected chi connectivity index (χ3v) is 4.14. The Kier molecular flexibility index (Phi) is 5.26. The van der Waals surface area contributed by atoms with Gasteiger partial charge in [-0.1, -0.05) is 29.3 Å². The summed E-state index contributed by atoms with van der Waals surface area (Å²) in [7, 11) is 0. The monoisotopic (exact) mass is 326 g/mol. The first-order valence-corrected chi connectivity index (χ1v) is 7.40. The molecule has 6 heteroatoms. The Morgan fingerprint density at radius 3 is 2.24 bits per heavy atom. The van der Waals surface area contributed by atoms with Crippen molar-refractivity contribution in [2.75, 3.05) is 26.2 Å². The van der Waals surface area contributed by atoms with E-state index < -0.39 is 0 Å². The van der Waals surface area contributed by atoms with Crippen molar-refractivity contribution in [3.05, 3.63) is 39.9 Å². The van der Waals surface area contributed by atoms with Crippen LogP contribution in [-0.4, -0.2) is 47.8 Å². The van der Waals surface area contributed by atoms with E-state index in [9.17, 15) is 9.59 Å². The molecule has 0 unspecified atom stereocenters. The molecular formula is C15H16Cl2N2O2. The molecule has 1 aliphatic rings. The van der Waals surface area contributed by atoms with Crippen molar-refractivity contribution in [3.8, 4) is 0 Å². The average molecular weight is 327 g/mol. The molecule has 0 N–H and O–H groups in total. The van der Waals surface area contributed by atoms with Crippen LogP contribution in [0.5, 0.6) is 0 Å². The standard InChI is InChI=1S/C15H16Cl2N2O2/c1-11(20)18-6-8-19(9-7-18)15(21)5-3-12-2-4-13(16)14(17)10-12/h2-5,10H,6-9H2,1H3. The fraction of sp³-hybridized carbons (Fsp3) is 0.333. The van der Waals surface area contributed by atoms with E-state index in [0.717, 1.165) is 5.56 Å². The van der Waals surface area contributed by atoms with Crippen LogP contribution in [0.25, 0.3) is 6.08 Å². The maximum atomic E-state index is 12.1. The van der Waals surface area contributed by atoms with Crippen LogP contribution in [0.4, 0.5) is 0 Å². The number of halogens is 2. The first-order chi connectivity index (χ1) is 9.97. The molecule has 0 saturated carbocycles. The molecule has 112 valence electrons. The minimum absolute atomic E-state index is 0.0495. The predicted molar refractivity (Wildman–Crippen MR) is 84.3 cm³/mol. The van der Waals surface area contributed by atoms with Gasteiger partial charge in [-0.2, -0.15) is 0 Å². The van der Waals surface area contributed by atoms with Crippen LogP contribution in [0, 0.1) is 0 Å². The lowest BCUT2D eigenvalue weighted by molar-refractivity contribution is -0.135. The van der Waals surface area contributed by atoms with Crippen LogP contribution in [0.3, 0.4) is 0 Å². The summed E-state index contributed by atoms with van der Waals surface area (Å²) in [6.45, 7) is 3.83. The smallest absolute Gasteiger partial charge is 0.246 e. The average Bonchev–Trinajstić information content (AvgIpc) is 2.48. The number of amides is 2. The van der Waals surface area contributed by atoms with Gasteiger partial charge < -0.3 is 9.80 Å². The van der Waals surface area contributed by atoms with Gasteiger partial charge in [0.15, 0.2) is 0 Å². The van der Waals surface area contributed by atoms with Crippen molar-refractivity contribution in [1.82, 2.24) is 9.80 Å². The molecule has 1 aliphatic heterocycles. The molecule has 0 radical (unpaired) electrons. The van der Waals surface area contributed by atoms with Crippen LogP contribution >= 0.6 is 23.2 Å². The summed E-state index contributed by atoms with van der Waals surface area (Å²) in [6.07, 6.45) is 3.23. The molecule has 21 heavy (non-hydrogen) atoms. The van der Waals surface area contributed by atoms with Crippen molar-refractivity contribution in [2.24, 2.45) is 0 Å². The fourth-order valence-electron chi connectivity index (χ4n) is 2.13. The van der Waals surface area contributed by atoms with Gasteiger partial charge >= 0.3 is 0 Å². The highest BCUT2D eigenvalue weighted by Gasteiger charge is 2.20. The molecule has 0 spiro atoms. The molecule has 1 fully saturated rings. The lowest BCUT2D eigenvalue weighted by Gasteiger charge is -2.33. The van der Waals surface area contributed by atoms with Gasteiger partial charge in [0.25, 0.3) is 0 Å². The van der Waals surface area contributed by atoms with Gasteiger partial charge in [-0.15, -0.1) is 0 Å². The molecule has 2 amide bonds. The minimum Gasteiger partial charge on any atom is -0.339 e. The van der Waals surface area contributed by atoms with Gasteiger partial charge in [-0.25, -0.2) is 0 Å². The zero-order valence-electron chi connectivity index (χ0n) is 11.7. The van der Waals surface area contributed by atoms with Gasteiger partial charge in [0, 0.05) is 39.2 Å². The highest BCUT2D eigenvalue weighted by Crippen LogP contribution is 2.23. The van der Waals surface area contributed by atoms with Gasteiger partial charge in [0.2, 0.25) is 11.8 Å². The zero-order valence-corrected chi connectivity index (χ0v) is 13.2. The van der Waals surface area contributed by atoms with Crippen molar-refractivity contribution in [3.63, 3.8) is 0 Å². The number of rotatable bonds is 2. The van der Waals surface area contributed by atoms with Crippen LogP contribution < -0.4 is 0 Å². The molecule has 0 aromatic heterocycles. The molecule has 0 atom stereocenters. The SMILES string of the molecule is CC(=O)N1CCN(C(=O)C=Cc2ccc(Cl)c(Cl)c2)CC1. The third-order valence-electron chi connectivity index (χ3n) is 3.40.